The van der Waals surface area contributed by atoms with E-state index in [-0.39, 0.29) is 0 Å². The zero-order valence-electron chi connectivity index (χ0n) is 12.6. The third kappa shape index (κ3) is 5.49. The van der Waals surface area contributed by atoms with E-state index in [4.69, 9.17) is 0 Å². The van der Waals surface area contributed by atoms with E-state index in [9.17, 15) is 0 Å². The molecule has 112 valence electrons. The Morgan fingerprint density at radius 3 is 2.40 bits per heavy atom. The molecule has 0 aliphatic heterocycles. The van der Waals surface area contributed by atoms with Crippen molar-refractivity contribution in [1.82, 2.24) is 5.32 Å². The highest BCUT2D eigenvalue weighted by atomic mass is 32.1. The van der Waals surface area contributed by atoms with Crippen molar-refractivity contribution in [2.45, 2.75) is 57.3 Å². The molecule has 0 unspecified atom stereocenters. The van der Waals surface area contributed by atoms with Crippen molar-refractivity contribution in [1.29, 1.82) is 0 Å². The normalized spacial score (nSPS) is 16.4. The third-order valence-electron chi connectivity index (χ3n) is 4.41. The molecule has 0 heterocycles. The number of rotatable bonds is 8. The molecule has 1 aliphatic rings. The molecule has 0 saturated heterocycles. The lowest BCUT2D eigenvalue weighted by molar-refractivity contribution is 0.443. The Labute approximate surface area is 130 Å². The van der Waals surface area contributed by atoms with Crippen LogP contribution in [0.25, 0.3) is 0 Å². The van der Waals surface area contributed by atoms with Crippen molar-refractivity contribution < 1.29 is 0 Å². The predicted octanol–water partition coefficient (Wildman–Crippen LogP) is 4.58. The Hall–Kier alpha value is -0.470. The Bertz CT molecular complexity index is 354. The van der Waals surface area contributed by atoms with E-state index in [2.05, 4.69) is 42.2 Å². The first-order valence-corrected chi connectivity index (χ1v) is 8.94. The zero-order chi connectivity index (χ0) is 14.0. The summed E-state index contributed by atoms with van der Waals surface area (Å²) in [6.07, 6.45) is 10.8. The summed E-state index contributed by atoms with van der Waals surface area (Å²) in [5.41, 5.74) is 3.07. The summed E-state index contributed by atoms with van der Waals surface area (Å²) < 4.78 is 0. The first-order chi connectivity index (χ1) is 9.90. The summed E-state index contributed by atoms with van der Waals surface area (Å²) in [5.74, 6) is 1.77. The van der Waals surface area contributed by atoms with Crippen molar-refractivity contribution in [3.63, 3.8) is 0 Å². The van der Waals surface area contributed by atoms with Crippen molar-refractivity contribution in [3.05, 3.63) is 35.4 Å². The Morgan fingerprint density at radius 2 is 1.70 bits per heavy atom. The molecular weight excluding hydrogens is 262 g/mol. The molecular formula is C18H29NS. The molecule has 1 fully saturated rings. The summed E-state index contributed by atoms with van der Waals surface area (Å²) in [6, 6.07) is 9.46. The number of unbranched alkanes of at least 4 members (excludes halogenated alkanes) is 1. The van der Waals surface area contributed by atoms with Crippen LogP contribution >= 0.6 is 12.6 Å². The molecule has 1 aromatic rings. The maximum absolute atomic E-state index is 4.19. The third-order valence-corrected chi connectivity index (χ3v) is 4.64. The molecule has 0 amide bonds. The average Bonchev–Trinajstić information content (AvgIpc) is 2.52. The fourth-order valence-corrected chi connectivity index (χ4v) is 3.33. The molecule has 1 aliphatic carbocycles. The number of hydrogen-bond acceptors (Lipinski definition) is 2. The SMILES string of the molecule is SCCNCCCCc1ccc(C2CCCCC2)cc1. The van der Waals surface area contributed by atoms with Crippen LogP contribution in [-0.2, 0) is 6.42 Å². The zero-order valence-corrected chi connectivity index (χ0v) is 13.5. The summed E-state index contributed by atoms with van der Waals surface area (Å²) in [5, 5.41) is 3.40. The van der Waals surface area contributed by atoms with Gasteiger partial charge in [-0.15, -0.1) is 0 Å². The minimum Gasteiger partial charge on any atom is -0.316 e. The number of nitrogens with one attached hydrogen (secondary N) is 1. The Balaban J connectivity index is 1.68. The molecule has 0 spiro atoms. The predicted molar refractivity (Wildman–Crippen MR) is 91.9 cm³/mol. The maximum atomic E-state index is 4.19. The number of thiol groups is 1. The molecule has 1 N–H and O–H groups in total. The van der Waals surface area contributed by atoms with Gasteiger partial charge < -0.3 is 5.32 Å². The number of benzene rings is 1. The minimum atomic E-state index is 0.836. The van der Waals surface area contributed by atoms with Gasteiger partial charge >= 0.3 is 0 Å². The first kappa shape index (κ1) is 15.9. The van der Waals surface area contributed by atoms with Gasteiger partial charge in [0, 0.05) is 12.3 Å². The lowest BCUT2D eigenvalue weighted by Gasteiger charge is -2.22. The minimum absolute atomic E-state index is 0.836. The lowest BCUT2D eigenvalue weighted by Crippen LogP contribution is -2.17. The molecule has 0 atom stereocenters. The summed E-state index contributed by atoms with van der Waals surface area (Å²) in [7, 11) is 0. The Morgan fingerprint density at radius 1 is 0.950 bits per heavy atom. The van der Waals surface area contributed by atoms with Crippen molar-refractivity contribution in [3.8, 4) is 0 Å². The summed E-state index contributed by atoms with van der Waals surface area (Å²) >= 11 is 4.19. The van der Waals surface area contributed by atoms with Gasteiger partial charge in [0.25, 0.3) is 0 Å². The van der Waals surface area contributed by atoms with E-state index < -0.39 is 0 Å². The van der Waals surface area contributed by atoms with Crippen LogP contribution in [-0.4, -0.2) is 18.8 Å². The van der Waals surface area contributed by atoms with Crippen LogP contribution in [0.3, 0.4) is 0 Å². The molecule has 0 radical (unpaired) electrons. The topological polar surface area (TPSA) is 12.0 Å². The summed E-state index contributed by atoms with van der Waals surface area (Å²) in [4.78, 5) is 0. The smallest absolute Gasteiger partial charge is 0.00397 e. The fourth-order valence-electron chi connectivity index (χ4n) is 3.18. The van der Waals surface area contributed by atoms with Gasteiger partial charge in [-0.25, -0.2) is 0 Å². The highest BCUT2D eigenvalue weighted by molar-refractivity contribution is 7.80. The van der Waals surface area contributed by atoms with Crippen LogP contribution < -0.4 is 5.32 Å². The van der Waals surface area contributed by atoms with Crippen LogP contribution in [0.4, 0.5) is 0 Å². The second-order valence-electron chi connectivity index (χ2n) is 6.01. The fraction of sp³-hybridized carbons (Fsp3) is 0.667. The average molecular weight is 292 g/mol. The van der Waals surface area contributed by atoms with Gasteiger partial charge in [0.1, 0.15) is 0 Å². The molecule has 2 heteroatoms. The van der Waals surface area contributed by atoms with E-state index in [1.807, 2.05) is 0 Å². The lowest BCUT2D eigenvalue weighted by atomic mass is 9.84. The summed E-state index contributed by atoms with van der Waals surface area (Å²) in [6.45, 7) is 2.15. The maximum Gasteiger partial charge on any atom is 0.00397 e. The van der Waals surface area contributed by atoms with Crippen LogP contribution in [0, 0.1) is 0 Å². The van der Waals surface area contributed by atoms with Gasteiger partial charge in [-0.2, -0.15) is 12.6 Å². The molecule has 2 rings (SSSR count). The van der Waals surface area contributed by atoms with Crippen LogP contribution in [0.5, 0.6) is 0 Å². The highest BCUT2D eigenvalue weighted by Crippen LogP contribution is 2.32. The molecule has 1 nitrogen and oxygen atoms in total. The van der Waals surface area contributed by atoms with Crippen LogP contribution in [0.2, 0.25) is 0 Å². The van der Waals surface area contributed by atoms with Gasteiger partial charge in [-0.1, -0.05) is 43.5 Å². The molecule has 0 aromatic heterocycles. The van der Waals surface area contributed by atoms with Gasteiger partial charge in [0.2, 0.25) is 0 Å². The van der Waals surface area contributed by atoms with Crippen molar-refractivity contribution >= 4 is 12.6 Å². The van der Waals surface area contributed by atoms with E-state index >= 15 is 0 Å². The van der Waals surface area contributed by atoms with Gasteiger partial charge in [0.05, 0.1) is 0 Å². The molecule has 20 heavy (non-hydrogen) atoms. The van der Waals surface area contributed by atoms with Crippen LogP contribution in [0.1, 0.15) is 62.0 Å². The standard InChI is InChI=1S/C18H29NS/c20-15-14-19-13-5-4-6-16-9-11-18(12-10-16)17-7-2-1-3-8-17/h9-12,17,19-20H,1-8,13-15H2. The van der Waals surface area contributed by atoms with Crippen molar-refractivity contribution in [2.24, 2.45) is 0 Å². The van der Waals surface area contributed by atoms with Gasteiger partial charge in [0.15, 0.2) is 0 Å². The van der Waals surface area contributed by atoms with E-state index in [1.54, 1.807) is 5.56 Å². The van der Waals surface area contributed by atoms with Crippen molar-refractivity contribution in [2.75, 3.05) is 18.8 Å². The van der Waals surface area contributed by atoms with Crippen LogP contribution in [0.15, 0.2) is 24.3 Å². The van der Waals surface area contributed by atoms with E-state index in [0.717, 1.165) is 24.8 Å². The second-order valence-corrected chi connectivity index (χ2v) is 6.45. The second kappa shape index (κ2) is 9.46. The molecule has 1 saturated carbocycles. The molecule has 1 aromatic carbocycles. The monoisotopic (exact) mass is 291 g/mol. The number of aryl methyl sites for hydroxylation is 1. The largest absolute Gasteiger partial charge is 0.316 e. The van der Waals surface area contributed by atoms with Gasteiger partial charge in [-0.3, -0.25) is 0 Å². The van der Waals surface area contributed by atoms with E-state index in [1.165, 1.54) is 56.9 Å². The first-order valence-electron chi connectivity index (χ1n) is 8.30. The van der Waals surface area contributed by atoms with E-state index in [0.29, 0.717) is 0 Å². The number of hydrogen-bond donors (Lipinski definition) is 2. The van der Waals surface area contributed by atoms with Gasteiger partial charge in [-0.05, 0) is 55.7 Å². The highest BCUT2D eigenvalue weighted by Gasteiger charge is 2.14. The molecule has 0 bridgehead atoms. The quantitative estimate of drug-likeness (QED) is 0.528. The Kier molecular flexibility index (Phi) is 7.53.